The van der Waals surface area contributed by atoms with Crippen LogP contribution in [-0.4, -0.2) is 5.11 Å². The summed E-state index contributed by atoms with van der Waals surface area (Å²) in [5, 5.41) is 10.0. The molecule has 0 radical (unpaired) electrons. The second-order valence-corrected chi connectivity index (χ2v) is 4.66. The Labute approximate surface area is 103 Å². The Morgan fingerprint density at radius 3 is 2.81 bits per heavy atom. The van der Waals surface area contributed by atoms with Gasteiger partial charge in [-0.3, -0.25) is 0 Å². The van der Waals surface area contributed by atoms with E-state index in [0.29, 0.717) is 6.42 Å². The molecule has 0 spiro atoms. The summed E-state index contributed by atoms with van der Waals surface area (Å²) in [5.74, 6) is 0.799. The quantitative estimate of drug-likeness (QED) is 0.932. The molecule has 1 unspecified atom stereocenters. The average Bonchev–Trinajstić information content (AvgIpc) is 2.74. The van der Waals surface area contributed by atoms with Gasteiger partial charge in [-0.2, -0.15) is 0 Å². The van der Waals surface area contributed by atoms with Crippen molar-refractivity contribution in [3.63, 3.8) is 0 Å². The summed E-state index contributed by atoms with van der Waals surface area (Å²) in [6.45, 7) is 2.01. The number of furan rings is 1. The van der Waals surface area contributed by atoms with Gasteiger partial charge in [-0.1, -0.05) is 28.1 Å². The molecule has 0 fully saturated rings. The van der Waals surface area contributed by atoms with Crippen molar-refractivity contribution in [2.24, 2.45) is 0 Å². The maximum Gasteiger partial charge on any atom is 0.106 e. The molecular formula is C13H13BrO2. The van der Waals surface area contributed by atoms with Crippen LogP contribution in [0.1, 0.15) is 23.0 Å². The summed E-state index contributed by atoms with van der Waals surface area (Å²) >= 11 is 3.44. The Morgan fingerprint density at radius 1 is 1.38 bits per heavy atom. The fraction of sp³-hybridized carbons (Fsp3) is 0.231. The summed E-state index contributed by atoms with van der Waals surface area (Å²) < 4.78 is 6.27. The monoisotopic (exact) mass is 280 g/mol. The number of hydrogen-bond acceptors (Lipinski definition) is 2. The van der Waals surface area contributed by atoms with Crippen LogP contribution in [0.25, 0.3) is 0 Å². The molecule has 0 bridgehead atoms. The molecule has 1 aromatic carbocycles. The third-order valence-electron chi connectivity index (χ3n) is 2.54. The van der Waals surface area contributed by atoms with Gasteiger partial charge in [0.15, 0.2) is 0 Å². The van der Waals surface area contributed by atoms with E-state index in [1.807, 2.05) is 37.3 Å². The van der Waals surface area contributed by atoms with E-state index in [4.69, 9.17) is 4.42 Å². The Kier molecular flexibility index (Phi) is 3.46. The minimum absolute atomic E-state index is 0.508. The zero-order valence-corrected chi connectivity index (χ0v) is 10.6. The SMILES string of the molecule is Cc1cc(C(O)Cc2ccco2)ccc1Br. The normalized spacial score (nSPS) is 12.7. The van der Waals surface area contributed by atoms with Crippen LogP contribution in [0.15, 0.2) is 45.5 Å². The zero-order valence-electron chi connectivity index (χ0n) is 8.98. The van der Waals surface area contributed by atoms with Crippen LogP contribution >= 0.6 is 15.9 Å². The summed E-state index contributed by atoms with van der Waals surface area (Å²) in [5.41, 5.74) is 2.04. The first-order chi connectivity index (χ1) is 7.66. The highest BCUT2D eigenvalue weighted by Crippen LogP contribution is 2.23. The molecule has 0 saturated carbocycles. The van der Waals surface area contributed by atoms with Crippen molar-refractivity contribution >= 4 is 15.9 Å². The smallest absolute Gasteiger partial charge is 0.106 e. The first-order valence-electron chi connectivity index (χ1n) is 5.13. The van der Waals surface area contributed by atoms with Crippen molar-refractivity contribution in [2.45, 2.75) is 19.4 Å². The van der Waals surface area contributed by atoms with Gasteiger partial charge in [0.2, 0.25) is 0 Å². The van der Waals surface area contributed by atoms with Crippen LogP contribution in [0.3, 0.4) is 0 Å². The zero-order chi connectivity index (χ0) is 11.5. The molecule has 0 aliphatic rings. The van der Waals surface area contributed by atoms with Gasteiger partial charge in [0.25, 0.3) is 0 Å². The average molecular weight is 281 g/mol. The van der Waals surface area contributed by atoms with Gasteiger partial charge in [-0.05, 0) is 36.2 Å². The highest BCUT2D eigenvalue weighted by atomic mass is 79.9. The standard InChI is InChI=1S/C13H13BrO2/c1-9-7-10(4-5-12(9)14)13(15)8-11-3-2-6-16-11/h2-7,13,15H,8H2,1H3. The molecule has 1 heterocycles. The van der Waals surface area contributed by atoms with Crippen molar-refractivity contribution in [3.05, 3.63) is 58.0 Å². The second kappa shape index (κ2) is 4.85. The van der Waals surface area contributed by atoms with E-state index in [1.54, 1.807) is 6.26 Å². The Bertz CT molecular complexity index is 463. The van der Waals surface area contributed by atoms with Gasteiger partial charge < -0.3 is 9.52 Å². The molecule has 1 N–H and O–H groups in total. The highest BCUT2D eigenvalue weighted by molar-refractivity contribution is 9.10. The number of rotatable bonds is 3. The molecule has 3 heteroatoms. The number of hydrogen-bond donors (Lipinski definition) is 1. The summed E-state index contributed by atoms with van der Waals surface area (Å²) in [6.07, 6.45) is 1.61. The van der Waals surface area contributed by atoms with E-state index in [-0.39, 0.29) is 0 Å². The van der Waals surface area contributed by atoms with E-state index in [2.05, 4.69) is 15.9 Å². The summed E-state index contributed by atoms with van der Waals surface area (Å²) in [4.78, 5) is 0. The lowest BCUT2D eigenvalue weighted by Crippen LogP contribution is -2.01. The predicted octanol–water partition coefficient (Wildman–Crippen LogP) is 3.63. The Morgan fingerprint density at radius 2 is 2.19 bits per heavy atom. The third-order valence-corrected chi connectivity index (χ3v) is 3.43. The predicted molar refractivity (Wildman–Crippen MR) is 66.3 cm³/mol. The second-order valence-electron chi connectivity index (χ2n) is 3.81. The van der Waals surface area contributed by atoms with Crippen molar-refractivity contribution < 1.29 is 9.52 Å². The fourth-order valence-corrected chi connectivity index (χ4v) is 1.86. The van der Waals surface area contributed by atoms with Crippen molar-refractivity contribution in [1.29, 1.82) is 0 Å². The first kappa shape index (κ1) is 11.4. The van der Waals surface area contributed by atoms with Gasteiger partial charge in [0, 0.05) is 10.9 Å². The van der Waals surface area contributed by atoms with Crippen LogP contribution in [0.2, 0.25) is 0 Å². The molecule has 0 saturated heterocycles. The molecule has 2 aromatic rings. The minimum Gasteiger partial charge on any atom is -0.469 e. The van der Waals surface area contributed by atoms with Crippen molar-refractivity contribution in [3.8, 4) is 0 Å². The van der Waals surface area contributed by atoms with Crippen LogP contribution in [0.5, 0.6) is 0 Å². The maximum absolute atomic E-state index is 10.0. The summed E-state index contributed by atoms with van der Waals surface area (Å²) in [6, 6.07) is 9.56. The lowest BCUT2D eigenvalue weighted by atomic mass is 10.0. The third kappa shape index (κ3) is 2.54. The van der Waals surface area contributed by atoms with E-state index >= 15 is 0 Å². The molecule has 84 valence electrons. The highest BCUT2D eigenvalue weighted by Gasteiger charge is 2.11. The first-order valence-corrected chi connectivity index (χ1v) is 5.92. The molecule has 0 aliphatic heterocycles. The van der Waals surface area contributed by atoms with Gasteiger partial charge in [0.1, 0.15) is 5.76 Å². The van der Waals surface area contributed by atoms with Gasteiger partial charge in [0.05, 0.1) is 12.4 Å². The number of aryl methyl sites for hydroxylation is 1. The number of aliphatic hydroxyl groups excluding tert-OH is 1. The molecular weight excluding hydrogens is 268 g/mol. The molecule has 16 heavy (non-hydrogen) atoms. The van der Waals surface area contributed by atoms with Gasteiger partial charge in [-0.25, -0.2) is 0 Å². The topological polar surface area (TPSA) is 33.4 Å². The molecule has 1 atom stereocenters. The molecule has 0 amide bonds. The van der Waals surface area contributed by atoms with E-state index in [0.717, 1.165) is 21.4 Å². The van der Waals surface area contributed by atoms with E-state index in [1.165, 1.54) is 0 Å². The fourth-order valence-electron chi connectivity index (χ4n) is 1.61. The largest absolute Gasteiger partial charge is 0.469 e. The number of aliphatic hydroxyl groups is 1. The van der Waals surface area contributed by atoms with Crippen LogP contribution in [0, 0.1) is 6.92 Å². The lowest BCUT2D eigenvalue weighted by Gasteiger charge is -2.10. The molecule has 2 nitrogen and oxygen atoms in total. The Balaban J connectivity index is 2.14. The Hall–Kier alpha value is -1.06. The lowest BCUT2D eigenvalue weighted by molar-refractivity contribution is 0.170. The molecule has 0 aliphatic carbocycles. The summed E-state index contributed by atoms with van der Waals surface area (Å²) in [7, 11) is 0. The minimum atomic E-state index is -0.516. The van der Waals surface area contributed by atoms with Crippen LogP contribution in [0.4, 0.5) is 0 Å². The van der Waals surface area contributed by atoms with Crippen LogP contribution in [-0.2, 0) is 6.42 Å². The van der Waals surface area contributed by atoms with Crippen LogP contribution < -0.4 is 0 Å². The van der Waals surface area contributed by atoms with Gasteiger partial charge in [-0.15, -0.1) is 0 Å². The molecule has 2 rings (SSSR count). The van der Waals surface area contributed by atoms with Crippen molar-refractivity contribution in [2.75, 3.05) is 0 Å². The number of halogens is 1. The van der Waals surface area contributed by atoms with Crippen molar-refractivity contribution in [1.82, 2.24) is 0 Å². The van der Waals surface area contributed by atoms with E-state index < -0.39 is 6.10 Å². The molecule has 1 aromatic heterocycles. The number of benzene rings is 1. The maximum atomic E-state index is 10.0. The van der Waals surface area contributed by atoms with E-state index in [9.17, 15) is 5.11 Å². The van der Waals surface area contributed by atoms with Gasteiger partial charge >= 0.3 is 0 Å².